The van der Waals surface area contributed by atoms with E-state index in [-0.39, 0.29) is 11.7 Å². The largest absolute Gasteiger partial charge is 0.331 e. The number of amides is 1. The van der Waals surface area contributed by atoms with Gasteiger partial charge in [0.25, 0.3) is 5.91 Å². The number of hydrogen-bond donors (Lipinski definition) is 1. The first kappa shape index (κ1) is 18.0. The lowest BCUT2D eigenvalue weighted by molar-refractivity contribution is 0.101. The number of anilines is 1. The van der Waals surface area contributed by atoms with E-state index >= 15 is 0 Å². The third kappa shape index (κ3) is 3.72. The second-order valence-electron chi connectivity index (χ2n) is 5.99. The Kier molecular flexibility index (Phi) is 4.91. The van der Waals surface area contributed by atoms with E-state index in [1.165, 1.54) is 12.1 Å². The SMILES string of the molecule is O=C(Nc1cc(Cl)ccc1Cl)c1cc2sccc2n1Cc1cccc(F)c1. The number of nitrogens with zero attached hydrogens (tertiary/aromatic N) is 1. The van der Waals surface area contributed by atoms with Crippen LogP contribution < -0.4 is 5.32 Å². The molecule has 0 radical (unpaired) electrons. The summed E-state index contributed by atoms with van der Waals surface area (Å²) in [6.07, 6.45) is 0. The van der Waals surface area contributed by atoms with Crippen molar-refractivity contribution in [2.24, 2.45) is 0 Å². The van der Waals surface area contributed by atoms with E-state index in [1.54, 1.807) is 35.6 Å². The quantitative estimate of drug-likeness (QED) is 0.405. The minimum absolute atomic E-state index is 0.307. The zero-order chi connectivity index (χ0) is 19.0. The number of benzene rings is 2. The van der Waals surface area contributed by atoms with Crippen molar-refractivity contribution >= 4 is 56.3 Å². The highest BCUT2D eigenvalue weighted by atomic mass is 35.5. The first-order chi connectivity index (χ1) is 13.0. The van der Waals surface area contributed by atoms with Crippen molar-refractivity contribution in [3.05, 3.63) is 87.1 Å². The van der Waals surface area contributed by atoms with E-state index in [0.717, 1.165) is 15.8 Å². The molecule has 0 saturated heterocycles. The van der Waals surface area contributed by atoms with Gasteiger partial charge in [-0.25, -0.2) is 4.39 Å². The molecule has 1 amide bonds. The molecule has 0 bridgehead atoms. The van der Waals surface area contributed by atoms with Crippen LogP contribution in [0, 0.1) is 5.82 Å². The molecule has 0 atom stereocenters. The van der Waals surface area contributed by atoms with Crippen molar-refractivity contribution in [1.82, 2.24) is 4.57 Å². The number of halogens is 3. The van der Waals surface area contributed by atoms with Gasteiger partial charge in [-0.2, -0.15) is 0 Å². The molecule has 0 fully saturated rings. The molecule has 0 unspecified atom stereocenters. The maximum Gasteiger partial charge on any atom is 0.272 e. The summed E-state index contributed by atoms with van der Waals surface area (Å²) in [5.74, 6) is -0.614. The van der Waals surface area contributed by atoms with Gasteiger partial charge in [-0.1, -0.05) is 35.3 Å². The smallest absolute Gasteiger partial charge is 0.272 e. The van der Waals surface area contributed by atoms with E-state index in [4.69, 9.17) is 23.2 Å². The average molecular weight is 419 g/mol. The van der Waals surface area contributed by atoms with Crippen LogP contribution in [0.4, 0.5) is 10.1 Å². The number of carbonyl (C=O) groups excluding carboxylic acids is 1. The number of fused-ring (bicyclic) bond motifs is 1. The summed E-state index contributed by atoms with van der Waals surface area (Å²) < 4.78 is 16.4. The molecule has 7 heteroatoms. The van der Waals surface area contributed by atoms with Crippen LogP contribution >= 0.6 is 34.5 Å². The number of nitrogens with one attached hydrogen (secondary N) is 1. The predicted molar refractivity (Wildman–Crippen MR) is 110 cm³/mol. The minimum Gasteiger partial charge on any atom is -0.331 e. The van der Waals surface area contributed by atoms with E-state index in [9.17, 15) is 9.18 Å². The molecule has 2 aromatic carbocycles. The number of rotatable bonds is 4. The highest BCUT2D eigenvalue weighted by molar-refractivity contribution is 7.17. The molecule has 2 heterocycles. The van der Waals surface area contributed by atoms with E-state index in [0.29, 0.717) is 28.0 Å². The molecule has 2 aromatic heterocycles. The second kappa shape index (κ2) is 7.35. The highest BCUT2D eigenvalue weighted by Crippen LogP contribution is 2.29. The molecule has 0 spiro atoms. The third-order valence-electron chi connectivity index (χ3n) is 4.16. The van der Waals surface area contributed by atoms with Gasteiger partial charge >= 0.3 is 0 Å². The van der Waals surface area contributed by atoms with Gasteiger partial charge in [0.1, 0.15) is 11.5 Å². The summed E-state index contributed by atoms with van der Waals surface area (Å²) in [6.45, 7) is 0.379. The fourth-order valence-corrected chi connectivity index (χ4v) is 4.09. The number of aromatic nitrogens is 1. The Morgan fingerprint density at radius 2 is 1.96 bits per heavy atom. The monoisotopic (exact) mass is 418 g/mol. The topological polar surface area (TPSA) is 34.0 Å². The molecule has 136 valence electrons. The Morgan fingerprint density at radius 1 is 1.11 bits per heavy atom. The van der Waals surface area contributed by atoms with Crippen LogP contribution in [0.5, 0.6) is 0 Å². The summed E-state index contributed by atoms with van der Waals surface area (Å²) >= 11 is 13.7. The van der Waals surface area contributed by atoms with Crippen molar-refractivity contribution < 1.29 is 9.18 Å². The normalized spacial score (nSPS) is 11.1. The van der Waals surface area contributed by atoms with Gasteiger partial charge in [0, 0.05) is 11.6 Å². The van der Waals surface area contributed by atoms with Gasteiger partial charge in [-0.15, -0.1) is 11.3 Å². The molecular formula is C20H13Cl2FN2OS. The van der Waals surface area contributed by atoms with Crippen LogP contribution in [0.2, 0.25) is 10.0 Å². The van der Waals surface area contributed by atoms with Crippen molar-refractivity contribution in [2.75, 3.05) is 5.32 Å². The zero-order valence-electron chi connectivity index (χ0n) is 13.9. The van der Waals surface area contributed by atoms with Crippen molar-refractivity contribution in [2.45, 2.75) is 6.54 Å². The van der Waals surface area contributed by atoms with Crippen molar-refractivity contribution in [1.29, 1.82) is 0 Å². The number of carbonyl (C=O) groups is 1. The molecule has 3 nitrogen and oxygen atoms in total. The summed E-state index contributed by atoms with van der Waals surface area (Å²) in [5.41, 5.74) is 2.60. The molecule has 0 saturated carbocycles. The first-order valence-electron chi connectivity index (χ1n) is 8.09. The van der Waals surface area contributed by atoms with Gasteiger partial charge in [-0.05, 0) is 53.4 Å². The standard InChI is InChI=1S/C20H13Cl2FN2OS/c21-13-4-5-15(22)16(9-13)24-20(26)18-10-19-17(6-7-27-19)25(18)11-12-2-1-3-14(23)8-12/h1-10H,11H2,(H,24,26). The molecule has 27 heavy (non-hydrogen) atoms. The maximum atomic E-state index is 13.6. The molecular weight excluding hydrogens is 406 g/mol. The minimum atomic E-state index is -0.307. The van der Waals surface area contributed by atoms with Crippen molar-refractivity contribution in [3.8, 4) is 0 Å². The van der Waals surface area contributed by atoms with Crippen LogP contribution in [0.3, 0.4) is 0 Å². The highest BCUT2D eigenvalue weighted by Gasteiger charge is 2.18. The number of hydrogen-bond acceptors (Lipinski definition) is 2. The lowest BCUT2D eigenvalue weighted by atomic mass is 10.2. The lowest BCUT2D eigenvalue weighted by Gasteiger charge is -2.12. The first-order valence-corrected chi connectivity index (χ1v) is 9.72. The predicted octanol–water partition coefficient (Wildman–Crippen LogP) is 6.45. The zero-order valence-corrected chi connectivity index (χ0v) is 16.2. The van der Waals surface area contributed by atoms with Gasteiger partial charge in [-0.3, -0.25) is 4.79 Å². The summed E-state index contributed by atoms with van der Waals surface area (Å²) in [4.78, 5) is 12.9. The van der Waals surface area contributed by atoms with E-state index in [2.05, 4.69) is 5.32 Å². The van der Waals surface area contributed by atoms with Gasteiger partial charge in [0.2, 0.25) is 0 Å². The summed E-state index contributed by atoms with van der Waals surface area (Å²) in [6, 6.07) is 15.0. The van der Waals surface area contributed by atoms with Crippen LogP contribution in [0.25, 0.3) is 10.2 Å². The maximum absolute atomic E-state index is 13.6. The Balaban J connectivity index is 1.72. The fraction of sp³-hybridized carbons (Fsp3) is 0.0500. The Hall–Kier alpha value is -2.34. The Labute approximate surface area is 169 Å². The van der Waals surface area contributed by atoms with Crippen LogP contribution in [-0.4, -0.2) is 10.5 Å². The van der Waals surface area contributed by atoms with E-state index in [1.807, 2.05) is 28.1 Å². The van der Waals surface area contributed by atoms with Crippen LogP contribution in [0.1, 0.15) is 16.1 Å². The molecule has 0 aliphatic rings. The lowest BCUT2D eigenvalue weighted by Crippen LogP contribution is -2.17. The Bertz CT molecular complexity index is 1150. The third-order valence-corrected chi connectivity index (χ3v) is 5.58. The molecule has 0 aliphatic carbocycles. The van der Waals surface area contributed by atoms with Gasteiger partial charge in [0.15, 0.2) is 0 Å². The summed E-state index contributed by atoms with van der Waals surface area (Å²) in [5, 5.41) is 5.65. The molecule has 0 aliphatic heterocycles. The van der Waals surface area contributed by atoms with Crippen LogP contribution in [-0.2, 0) is 6.54 Å². The van der Waals surface area contributed by atoms with Crippen molar-refractivity contribution in [3.63, 3.8) is 0 Å². The van der Waals surface area contributed by atoms with Crippen LogP contribution in [0.15, 0.2) is 60.0 Å². The molecule has 4 rings (SSSR count). The van der Waals surface area contributed by atoms with E-state index < -0.39 is 0 Å². The Morgan fingerprint density at radius 3 is 2.78 bits per heavy atom. The second-order valence-corrected chi connectivity index (χ2v) is 7.79. The molecule has 4 aromatic rings. The fourth-order valence-electron chi connectivity index (χ4n) is 2.93. The average Bonchev–Trinajstić information content (AvgIpc) is 3.21. The number of thiophene rings is 1. The van der Waals surface area contributed by atoms with Gasteiger partial charge < -0.3 is 9.88 Å². The molecule has 1 N–H and O–H groups in total. The van der Waals surface area contributed by atoms with Gasteiger partial charge in [0.05, 0.1) is 20.9 Å². The summed E-state index contributed by atoms with van der Waals surface area (Å²) in [7, 11) is 0.